The van der Waals surface area contributed by atoms with Crippen LogP contribution >= 0.6 is 27.3 Å². The number of carbonyl (C=O) groups is 2. The number of carboxylic acids is 1. The summed E-state index contributed by atoms with van der Waals surface area (Å²) in [7, 11) is 0. The third-order valence-electron chi connectivity index (χ3n) is 2.31. The van der Waals surface area contributed by atoms with Crippen LogP contribution < -0.4 is 0 Å². The smallest absolute Gasteiger partial charge is 0.356 e. The lowest BCUT2D eigenvalue weighted by molar-refractivity contribution is 0.0687. The number of carbonyl (C=O) groups excluding carboxylic acids is 1. The lowest BCUT2D eigenvalue weighted by Crippen LogP contribution is -2.03. The fourth-order valence-electron chi connectivity index (χ4n) is 1.48. The van der Waals surface area contributed by atoms with E-state index in [0.717, 1.165) is 11.3 Å². The molecule has 0 saturated carbocycles. The number of thiazole rings is 1. The summed E-state index contributed by atoms with van der Waals surface area (Å²) in [5.74, 6) is -2.23. The molecule has 0 saturated heterocycles. The number of aromatic nitrogens is 1. The third-order valence-corrected chi connectivity index (χ3v) is 3.99. The molecule has 1 N–H and O–H groups in total. The van der Waals surface area contributed by atoms with Crippen molar-refractivity contribution in [3.63, 3.8) is 0 Å². The predicted molar refractivity (Wildman–Crippen MR) is 72.2 cm³/mol. The number of hydrogen-bond acceptors (Lipinski definition) is 4. The summed E-state index contributed by atoms with van der Waals surface area (Å²) < 4.78 is 14.4. The molecular weight excluding hydrogens is 337 g/mol. The van der Waals surface area contributed by atoms with Crippen LogP contribution in [0, 0.1) is 5.82 Å². The molecule has 0 bridgehead atoms. The molecule has 0 unspecified atom stereocenters. The SMILES string of the molecule is CC(=O)c1sc(-c2cc(Br)ccc2F)nc1C(=O)O. The average molecular weight is 344 g/mol. The van der Waals surface area contributed by atoms with Crippen LogP contribution in [0.25, 0.3) is 10.6 Å². The Morgan fingerprint density at radius 2 is 2.11 bits per heavy atom. The largest absolute Gasteiger partial charge is 0.476 e. The van der Waals surface area contributed by atoms with Crippen molar-refractivity contribution in [3.8, 4) is 10.6 Å². The van der Waals surface area contributed by atoms with Gasteiger partial charge in [-0.25, -0.2) is 14.2 Å². The fourth-order valence-corrected chi connectivity index (χ4v) is 2.81. The van der Waals surface area contributed by atoms with Crippen molar-refractivity contribution in [2.45, 2.75) is 6.92 Å². The number of halogens is 2. The number of aromatic carboxylic acids is 1. The monoisotopic (exact) mass is 343 g/mol. The van der Waals surface area contributed by atoms with Crippen LogP contribution in [0.1, 0.15) is 27.1 Å². The minimum absolute atomic E-state index is 0.0156. The fraction of sp³-hybridized carbons (Fsp3) is 0.0833. The van der Waals surface area contributed by atoms with Crippen LogP contribution in [0.5, 0.6) is 0 Å². The second kappa shape index (κ2) is 5.18. The van der Waals surface area contributed by atoms with Crippen LogP contribution in [0.4, 0.5) is 4.39 Å². The van der Waals surface area contributed by atoms with E-state index in [1.54, 1.807) is 0 Å². The van der Waals surface area contributed by atoms with E-state index in [2.05, 4.69) is 20.9 Å². The lowest BCUT2D eigenvalue weighted by Gasteiger charge is -1.99. The standard InChI is InChI=1S/C12H7BrFNO3S/c1-5(16)10-9(12(17)18)15-11(19-10)7-4-6(13)2-3-8(7)14/h2-4H,1H3,(H,17,18). The Bertz CT molecular complexity index is 652. The maximum Gasteiger partial charge on any atom is 0.356 e. The highest BCUT2D eigenvalue weighted by Crippen LogP contribution is 2.32. The Balaban J connectivity index is 2.64. The van der Waals surface area contributed by atoms with E-state index in [4.69, 9.17) is 5.11 Å². The summed E-state index contributed by atoms with van der Waals surface area (Å²) in [6.45, 7) is 1.25. The van der Waals surface area contributed by atoms with E-state index in [1.165, 1.54) is 25.1 Å². The Morgan fingerprint density at radius 1 is 1.42 bits per heavy atom. The van der Waals surface area contributed by atoms with E-state index < -0.39 is 17.6 Å². The highest BCUT2D eigenvalue weighted by atomic mass is 79.9. The van der Waals surface area contributed by atoms with Crippen molar-refractivity contribution in [2.24, 2.45) is 0 Å². The van der Waals surface area contributed by atoms with Crippen LogP contribution in [0.15, 0.2) is 22.7 Å². The summed E-state index contributed by atoms with van der Waals surface area (Å²) in [6.07, 6.45) is 0. The van der Waals surface area contributed by atoms with Gasteiger partial charge in [-0.3, -0.25) is 4.79 Å². The first-order chi connectivity index (χ1) is 8.90. The Morgan fingerprint density at radius 3 is 2.63 bits per heavy atom. The second-order valence-electron chi connectivity index (χ2n) is 3.68. The Hall–Kier alpha value is -1.60. The van der Waals surface area contributed by atoms with Crippen molar-refractivity contribution >= 4 is 39.0 Å². The lowest BCUT2D eigenvalue weighted by atomic mass is 10.2. The van der Waals surface area contributed by atoms with Gasteiger partial charge in [0.1, 0.15) is 15.7 Å². The molecule has 0 aliphatic carbocycles. The number of rotatable bonds is 3. The molecule has 1 aromatic carbocycles. The molecule has 0 amide bonds. The van der Waals surface area contributed by atoms with Crippen LogP contribution in [-0.2, 0) is 0 Å². The van der Waals surface area contributed by atoms with Gasteiger partial charge >= 0.3 is 5.97 Å². The highest BCUT2D eigenvalue weighted by Gasteiger charge is 2.22. The van der Waals surface area contributed by atoms with Gasteiger partial charge in [-0.2, -0.15) is 0 Å². The van der Waals surface area contributed by atoms with E-state index in [9.17, 15) is 14.0 Å². The van der Waals surface area contributed by atoms with E-state index in [1.807, 2.05) is 0 Å². The maximum absolute atomic E-state index is 13.7. The van der Waals surface area contributed by atoms with Gasteiger partial charge in [0.05, 0.1) is 0 Å². The first-order valence-corrected chi connectivity index (χ1v) is 6.71. The van der Waals surface area contributed by atoms with Crippen LogP contribution in [0.2, 0.25) is 0 Å². The molecule has 1 heterocycles. The average Bonchev–Trinajstić information content (AvgIpc) is 2.77. The molecular formula is C12H7BrFNO3S. The molecule has 7 heteroatoms. The number of nitrogens with zero attached hydrogens (tertiary/aromatic N) is 1. The second-order valence-corrected chi connectivity index (χ2v) is 5.60. The van der Waals surface area contributed by atoms with Gasteiger partial charge in [0.2, 0.25) is 0 Å². The number of ketones is 1. The Labute approximate surface area is 120 Å². The zero-order chi connectivity index (χ0) is 14.2. The molecule has 0 fully saturated rings. The first-order valence-electron chi connectivity index (χ1n) is 5.10. The van der Waals surface area contributed by atoms with Crippen molar-refractivity contribution in [2.75, 3.05) is 0 Å². The summed E-state index contributed by atoms with van der Waals surface area (Å²) >= 11 is 4.07. The highest BCUT2D eigenvalue weighted by molar-refractivity contribution is 9.10. The minimum atomic E-state index is -1.30. The third kappa shape index (κ3) is 2.71. The molecule has 0 spiro atoms. The van der Waals surface area contributed by atoms with E-state index in [0.29, 0.717) is 4.47 Å². The molecule has 0 atom stereocenters. The van der Waals surface area contributed by atoms with Gasteiger partial charge in [-0.05, 0) is 18.2 Å². The molecule has 0 radical (unpaired) electrons. The van der Waals surface area contributed by atoms with Gasteiger partial charge in [-0.15, -0.1) is 11.3 Å². The number of hydrogen-bond donors (Lipinski definition) is 1. The van der Waals surface area contributed by atoms with Gasteiger partial charge in [0, 0.05) is 17.0 Å². The van der Waals surface area contributed by atoms with Gasteiger partial charge in [0.15, 0.2) is 11.5 Å². The number of benzene rings is 1. The first kappa shape index (κ1) is 13.8. The van der Waals surface area contributed by atoms with Gasteiger partial charge < -0.3 is 5.11 Å². The Kier molecular flexibility index (Phi) is 3.77. The zero-order valence-electron chi connectivity index (χ0n) is 9.61. The minimum Gasteiger partial charge on any atom is -0.476 e. The predicted octanol–water partition coefficient (Wildman–Crippen LogP) is 3.61. The molecule has 1 aromatic heterocycles. The quantitative estimate of drug-likeness (QED) is 0.864. The van der Waals surface area contributed by atoms with Crippen molar-refractivity contribution < 1.29 is 19.1 Å². The normalized spacial score (nSPS) is 10.5. The van der Waals surface area contributed by atoms with Gasteiger partial charge in [0.25, 0.3) is 0 Å². The molecule has 0 aliphatic heterocycles. The summed E-state index contributed by atoms with van der Waals surface area (Å²) in [5.41, 5.74) is -0.179. The number of carboxylic acid groups (broad SMARTS) is 1. The summed E-state index contributed by atoms with van der Waals surface area (Å²) in [4.78, 5) is 26.2. The van der Waals surface area contributed by atoms with Gasteiger partial charge in [-0.1, -0.05) is 15.9 Å². The number of Topliss-reactive ketones (excluding diaryl/α,β-unsaturated/α-hetero) is 1. The zero-order valence-corrected chi connectivity index (χ0v) is 12.0. The molecule has 98 valence electrons. The maximum atomic E-state index is 13.7. The van der Waals surface area contributed by atoms with Crippen LogP contribution in [0.3, 0.4) is 0 Å². The molecule has 0 aliphatic rings. The van der Waals surface area contributed by atoms with E-state index >= 15 is 0 Å². The van der Waals surface area contributed by atoms with E-state index in [-0.39, 0.29) is 21.1 Å². The molecule has 2 rings (SSSR count). The van der Waals surface area contributed by atoms with Crippen molar-refractivity contribution in [3.05, 3.63) is 39.1 Å². The molecule has 2 aromatic rings. The van der Waals surface area contributed by atoms with Crippen LogP contribution in [-0.4, -0.2) is 21.8 Å². The molecule has 19 heavy (non-hydrogen) atoms. The topological polar surface area (TPSA) is 67.3 Å². The summed E-state index contributed by atoms with van der Waals surface area (Å²) in [5, 5.41) is 9.16. The van der Waals surface area contributed by atoms with Crippen molar-refractivity contribution in [1.29, 1.82) is 0 Å². The molecule has 4 nitrogen and oxygen atoms in total. The van der Waals surface area contributed by atoms with Crippen molar-refractivity contribution in [1.82, 2.24) is 4.98 Å². The summed E-state index contributed by atoms with van der Waals surface area (Å²) in [6, 6.07) is 4.26.